The maximum absolute atomic E-state index is 12.0. The average Bonchev–Trinajstić information content (AvgIpc) is 2.92. The Morgan fingerprint density at radius 1 is 1.35 bits per heavy atom. The largest absolute Gasteiger partial charge is 0.372 e. The lowest BCUT2D eigenvalue weighted by Gasteiger charge is -2.50. The van der Waals surface area contributed by atoms with Gasteiger partial charge in [-0.3, -0.25) is 4.79 Å². The zero-order chi connectivity index (χ0) is 14.0. The molecule has 2 saturated heterocycles. The van der Waals surface area contributed by atoms with Gasteiger partial charge in [0.15, 0.2) is 0 Å². The van der Waals surface area contributed by atoms with E-state index in [1.807, 2.05) is 17.9 Å². The van der Waals surface area contributed by atoms with Gasteiger partial charge in [-0.1, -0.05) is 0 Å². The van der Waals surface area contributed by atoms with Gasteiger partial charge in [0, 0.05) is 38.6 Å². The summed E-state index contributed by atoms with van der Waals surface area (Å²) in [5.74, 6) is 0.863. The van der Waals surface area contributed by atoms with Gasteiger partial charge in [0.05, 0.1) is 5.54 Å². The van der Waals surface area contributed by atoms with Crippen LogP contribution in [0.1, 0.15) is 19.8 Å². The summed E-state index contributed by atoms with van der Waals surface area (Å²) in [5, 5.41) is 0. The van der Waals surface area contributed by atoms with Crippen molar-refractivity contribution in [2.75, 3.05) is 37.7 Å². The molecule has 108 valence electrons. The van der Waals surface area contributed by atoms with Gasteiger partial charge in [0.1, 0.15) is 6.61 Å². The maximum atomic E-state index is 12.0. The summed E-state index contributed by atoms with van der Waals surface area (Å²) >= 11 is 0. The Hall–Kier alpha value is -1.69. The molecule has 2 aliphatic heterocycles. The first-order chi connectivity index (χ1) is 9.75. The molecule has 0 N–H and O–H groups in total. The molecule has 1 aromatic heterocycles. The van der Waals surface area contributed by atoms with Gasteiger partial charge < -0.3 is 14.5 Å². The first-order valence-corrected chi connectivity index (χ1v) is 7.15. The standard InChI is InChI=1S/C14H20N4O2/c1-2-20-10-12(19)17-8-4-14(11-17)5-9-18(14)13-15-6-3-7-16-13/h3,6-7H,2,4-5,8-11H2,1H3/t14-/m0/s1. The first-order valence-electron chi connectivity index (χ1n) is 7.15. The Kier molecular flexibility index (Phi) is 3.56. The van der Waals surface area contributed by atoms with E-state index in [2.05, 4.69) is 14.9 Å². The number of amides is 1. The van der Waals surface area contributed by atoms with E-state index in [4.69, 9.17) is 4.74 Å². The Bertz CT molecular complexity index is 481. The highest BCUT2D eigenvalue weighted by atomic mass is 16.5. The minimum absolute atomic E-state index is 0.0449. The molecule has 0 unspecified atom stereocenters. The van der Waals surface area contributed by atoms with Gasteiger partial charge in [0.2, 0.25) is 11.9 Å². The number of hydrogen-bond donors (Lipinski definition) is 0. The normalized spacial score (nSPS) is 25.1. The van der Waals surface area contributed by atoms with Gasteiger partial charge in [0.25, 0.3) is 0 Å². The third-order valence-electron chi connectivity index (χ3n) is 4.28. The van der Waals surface area contributed by atoms with Crippen LogP contribution in [-0.2, 0) is 9.53 Å². The van der Waals surface area contributed by atoms with Crippen LogP contribution < -0.4 is 4.90 Å². The molecule has 0 aliphatic carbocycles. The number of aromatic nitrogens is 2. The molecule has 1 spiro atoms. The van der Waals surface area contributed by atoms with Crippen LogP contribution >= 0.6 is 0 Å². The first kappa shape index (κ1) is 13.3. The monoisotopic (exact) mass is 276 g/mol. The van der Waals surface area contributed by atoms with E-state index in [9.17, 15) is 4.79 Å². The van der Waals surface area contributed by atoms with E-state index in [1.54, 1.807) is 12.4 Å². The number of hydrogen-bond acceptors (Lipinski definition) is 5. The molecular weight excluding hydrogens is 256 g/mol. The fourth-order valence-corrected chi connectivity index (χ4v) is 3.06. The molecule has 6 heteroatoms. The summed E-state index contributed by atoms with van der Waals surface area (Å²) < 4.78 is 5.21. The van der Waals surface area contributed by atoms with Crippen LogP contribution in [0, 0.1) is 0 Å². The molecule has 0 aromatic carbocycles. The second kappa shape index (κ2) is 5.36. The molecule has 0 bridgehead atoms. The summed E-state index contributed by atoms with van der Waals surface area (Å²) in [6.45, 7) is 5.20. The van der Waals surface area contributed by atoms with Crippen LogP contribution in [0.25, 0.3) is 0 Å². The Morgan fingerprint density at radius 2 is 2.10 bits per heavy atom. The van der Waals surface area contributed by atoms with Crippen molar-refractivity contribution in [2.24, 2.45) is 0 Å². The molecule has 20 heavy (non-hydrogen) atoms. The summed E-state index contributed by atoms with van der Waals surface area (Å²) in [6.07, 6.45) is 5.62. The van der Waals surface area contributed by atoms with E-state index in [0.717, 1.165) is 38.4 Å². The maximum Gasteiger partial charge on any atom is 0.248 e. The van der Waals surface area contributed by atoms with Crippen LogP contribution in [0.5, 0.6) is 0 Å². The topological polar surface area (TPSA) is 58.6 Å². The number of carbonyl (C=O) groups is 1. The molecule has 1 atom stereocenters. The van der Waals surface area contributed by atoms with Crippen LogP contribution in [-0.4, -0.2) is 59.2 Å². The lowest BCUT2D eigenvalue weighted by molar-refractivity contribution is -0.135. The van der Waals surface area contributed by atoms with Gasteiger partial charge in [-0.05, 0) is 25.8 Å². The molecule has 1 amide bonds. The van der Waals surface area contributed by atoms with Crippen molar-refractivity contribution in [3.8, 4) is 0 Å². The summed E-state index contributed by atoms with van der Waals surface area (Å²) in [7, 11) is 0. The van der Waals surface area contributed by atoms with Crippen molar-refractivity contribution in [3.63, 3.8) is 0 Å². The van der Waals surface area contributed by atoms with Crippen molar-refractivity contribution in [1.29, 1.82) is 0 Å². The third kappa shape index (κ3) is 2.24. The second-order valence-corrected chi connectivity index (χ2v) is 5.38. The van der Waals surface area contributed by atoms with Crippen molar-refractivity contribution in [3.05, 3.63) is 18.5 Å². The van der Waals surface area contributed by atoms with Crippen molar-refractivity contribution in [2.45, 2.75) is 25.3 Å². The predicted octanol–water partition coefficient (Wildman–Crippen LogP) is 0.694. The molecule has 3 rings (SSSR count). The Morgan fingerprint density at radius 3 is 2.75 bits per heavy atom. The van der Waals surface area contributed by atoms with Crippen LogP contribution in [0.2, 0.25) is 0 Å². The minimum atomic E-state index is 0.0449. The molecule has 1 aromatic rings. The molecule has 0 radical (unpaired) electrons. The van der Waals surface area contributed by atoms with Gasteiger partial charge >= 0.3 is 0 Å². The number of likely N-dealkylation sites (tertiary alicyclic amines) is 1. The Labute approximate surface area is 118 Å². The summed E-state index contributed by atoms with van der Waals surface area (Å²) in [5.41, 5.74) is 0.0449. The lowest BCUT2D eigenvalue weighted by atomic mass is 9.84. The summed E-state index contributed by atoms with van der Waals surface area (Å²) in [4.78, 5) is 24.8. The van der Waals surface area contributed by atoms with E-state index in [1.165, 1.54) is 0 Å². The van der Waals surface area contributed by atoms with Gasteiger partial charge in [-0.15, -0.1) is 0 Å². The average molecular weight is 276 g/mol. The van der Waals surface area contributed by atoms with E-state index in [0.29, 0.717) is 6.61 Å². The number of nitrogens with zero attached hydrogens (tertiary/aromatic N) is 4. The van der Waals surface area contributed by atoms with Crippen molar-refractivity contribution in [1.82, 2.24) is 14.9 Å². The number of ether oxygens (including phenoxy) is 1. The van der Waals surface area contributed by atoms with E-state index < -0.39 is 0 Å². The van der Waals surface area contributed by atoms with Crippen LogP contribution in [0.3, 0.4) is 0 Å². The highest BCUT2D eigenvalue weighted by Gasteiger charge is 2.51. The van der Waals surface area contributed by atoms with E-state index >= 15 is 0 Å². The smallest absolute Gasteiger partial charge is 0.248 e. The van der Waals surface area contributed by atoms with Gasteiger partial charge in [-0.2, -0.15) is 0 Å². The summed E-state index contributed by atoms with van der Waals surface area (Å²) in [6, 6.07) is 1.82. The fraction of sp³-hybridized carbons (Fsp3) is 0.643. The zero-order valence-corrected chi connectivity index (χ0v) is 11.8. The second-order valence-electron chi connectivity index (χ2n) is 5.38. The molecular formula is C14H20N4O2. The van der Waals surface area contributed by atoms with Crippen LogP contribution in [0.15, 0.2) is 18.5 Å². The molecule has 2 aliphatic rings. The highest BCUT2D eigenvalue weighted by Crippen LogP contribution is 2.40. The van der Waals surface area contributed by atoms with Crippen LogP contribution in [0.4, 0.5) is 5.95 Å². The third-order valence-corrected chi connectivity index (χ3v) is 4.28. The quantitative estimate of drug-likeness (QED) is 0.810. The van der Waals surface area contributed by atoms with Crippen molar-refractivity contribution >= 4 is 11.9 Å². The number of carbonyl (C=O) groups excluding carboxylic acids is 1. The zero-order valence-electron chi connectivity index (χ0n) is 11.8. The minimum Gasteiger partial charge on any atom is -0.372 e. The number of rotatable bonds is 4. The highest BCUT2D eigenvalue weighted by molar-refractivity contribution is 5.78. The van der Waals surface area contributed by atoms with E-state index in [-0.39, 0.29) is 18.1 Å². The number of anilines is 1. The SMILES string of the molecule is CCOCC(=O)N1CC[C@]2(CCN2c2ncccn2)C1. The Balaban J connectivity index is 1.65. The predicted molar refractivity (Wildman–Crippen MR) is 74.4 cm³/mol. The van der Waals surface area contributed by atoms with Gasteiger partial charge in [-0.25, -0.2) is 9.97 Å². The lowest BCUT2D eigenvalue weighted by Crippen LogP contribution is -2.62. The fourth-order valence-electron chi connectivity index (χ4n) is 3.06. The molecule has 6 nitrogen and oxygen atoms in total. The molecule has 0 saturated carbocycles. The molecule has 3 heterocycles. The molecule has 2 fully saturated rings. The van der Waals surface area contributed by atoms with Crippen molar-refractivity contribution < 1.29 is 9.53 Å².